The minimum Gasteiger partial charge on any atom is -0.481 e. The summed E-state index contributed by atoms with van der Waals surface area (Å²) < 4.78 is 0. The van der Waals surface area contributed by atoms with Gasteiger partial charge in [0.15, 0.2) is 0 Å². The van der Waals surface area contributed by atoms with Gasteiger partial charge < -0.3 is 10.8 Å². The third-order valence-electron chi connectivity index (χ3n) is 0.994. The Hall–Kier alpha value is -0.540. The molecule has 10 heavy (non-hydrogen) atoms. The largest absolute Gasteiger partial charge is 0.481 e. The highest BCUT2D eigenvalue weighted by molar-refractivity contribution is 5.85. The van der Waals surface area contributed by atoms with Crippen molar-refractivity contribution in [1.29, 1.82) is 0 Å². The number of hydrogen-bond donors (Lipinski definition) is 2. The lowest BCUT2D eigenvalue weighted by Crippen LogP contribution is -2.17. The molecule has 0 amide bonds. The van der Waals surface area contributed by atoms with Crippen molar-refractivity contribution in [1.82, 2.24) is 0 Å². The molecule has 0 saturated heterocycles. The minimum absolute atomic E-state index is 0. The topological polar surface area (TPSA) is 63.3 Å². The van der Waals surface area contributed by atoms with E-state index in [0.717, 1.165) is 0 Å². The molecule has 0 bridgehead atoms. The normalized spacial score (nSPS) is 11.3. The van der Waals surface area contributed by atoms with Gasteiger partial charge >= 0.3 is 5.97 Å². The summed E-state index contributed by atoms with van der Waals surface area (Å²) >= 11 is 0. The molecule has 0 radical (unpaired) electrons. The van der Waals surface area contributed by atoms with Crippen molar-refractivity contribution in [2.45, 2.75) is 18.9 Å². The Morgan fingerprint density at radius 1 is 1.80 bits per heavy atom. The predicted octanol–water partition coefficient (Wildman–Crippen LogP) is 0.786. The SMILES string of the molecule is C=C[C@@H](N)CCC(=O)O.Cl. The maximum Gasteiger partial charge on any atom is 0.303 e. The number of aliphatic carboxylic acids is 1. The molecule has 0 saturated carbocycles. The zero-order valence-electron chi connectivity index (χ0n) is 5.62. The second kappa shape index (κ2) is 6.58. The molecule has 0 fully saturated rings. The molecule has 0 aromatic rings. The van der Waals surface area contributed by atoms with E-state index in [1.807, 2.05) is 0 Å². The predicted molar refractivity (Wildman–Crippen MR) is 42.3 cm³/mol. The van der Waals surface area contributed by atoms with Crippen LogP contribution in [0.15, 0.2) is 12.7 Å². The molecule has 0 unspecified atom stereocenters. The van der Waals surface area contributed by atoms with Crippen LogP contribution < -0.4 is 5.73 Å². The molecule has 60 valence electrons. The molecule has 0 heterocycles. The first-order valence-corrected chi connectivity index (χ1v) is 2.76. The molecule has 0 aromatic heterocycles. The fourth-order valence-corrected chi connectivity index (χ4v) is 0.408. The molecule has 3 nitrogen and oxygen atoms in total. The van der Waals surface area contributed by atoms with Crippen molar-refractivity contribution in [2.75, 3.05) is 0 Å². The molecule has 0 aliphatic rings. The average Bonchev–Trinajstić information content (AvgIpc) is 1.83. The van der Waals surface area contributed by atoms with E-state index in [1.165, 1.54) is 0 Å². The van der Waals surface area contributed by atoms with Gasteiger partial charge in [0.25, 0.3) is 0 Å². The lowest BCUT2D eigenvalue weighted by atomic mass is 10.2. The molecule has 0 spiro atoms. The van der Waals surface area contributed by atoms with Gasteiger partial charge in [-0.15, -0.1) is 19.0 Å². The van der Waals surface area contributed by atoms with Gasteiger partial charge in [0.2, 0.25) is 0 Å². The zero-order valence-corrected chi connectivity index (χ0v) is 6.43. The van der Waals surface area contributed by atoms with Crippen molar-refractivity contribution in [3.63, 3.8) is 0 Å². The highest BCUT2D eigenvalue weighted by Crippen LogP contribution is 1.93. The fourth-order valence-electron chi connectivity index (χ4n) is 0.408. The molecule has 3 N–H and O–H groups in total. The van der Waals surface area contributed by atoms with Crippen LogP contribution in [0.5, 0.6) is 0 Å². The van der Waals surface area contributed by atoms with Crippen LogP contribution in [-0.4, -0.2) is 17.1 Å². The molecule has 0 aliphatic heterocycles. The zero-order chi connectivity index (χ0) is 7.28. The van der Waals surface area contributed by atoms with Crippen molar-refractivity contribution >= 4 is 18.4 Å². The number of halogens is 1. The summed E-state index contributed by atoms with van der Waals surface area (Å²) in [5, 5.41) is 8.17. The average molecular weight is 166 g/mol. The first-order chi connectivity index (χ1) is 4.16. The van der Waals surface area contributed by atoms with E-state index in [2.05, 4.69) is 6.58 Å². The van der Waals surface area contributed by atoms with E-state index >= 15 is 0 Å². The van der Waals surface area contributed by atoms with Gasteiger partial charge in [-0.2, -0.15) is 0 Å². The summed E-state index contributed by atoms with van der Waals surface area (Å²) in [5.74, 6) is -0.813. The van der Waals surface area contributed by atoms with Gasteiger partial charge in [-0.25, -0.2) is 0 Å². The standard InChI is InChI=1S/C6H11NO2.ClH/c1-2-5(7)3-4-6(8)9;/h2,5H,1,3-4,7H2,(H,8,9);1H/t5-;/m1./s1. The van der Waals surface area contributed by atoms with Crippen LogP contribution in [0.2, 0.25) is 0 Å². The van der Waals surface area contributed by atoms with Crippen LogP contribution in [0.1, 0.15) is 12.8 Å². The Bertz CT molecular complexity index is 116. The van der Waals surface area contributed by atoms with Crippen LogP contribution in [0.4, 0.5) is 0 Å². The lowest BCUT2D eigenvalue weighted by molar-refractivity contribution is -0.137. The van der Waals surface area contributed by atoms with E-state index in [9.17, 15) is 4.79 Å². The molecule has 0 rings (SSSR count). The van der Waals surface area contributed by atoms with Crippen LogP contribution in [0.3, 0.4) is 0 Å². The van der Waals surface area contributed by atoms with Gasteiger partial charge in [-0.05, 0) is 6.42 Å². The van der Waals surface area contributed by atoms with Gasteiger partial charge in [0.05, 0.1) is 0 Å². The van der Waals surface area contributed by atoms with E-state index in [1.54, 1.807) is 6.08 Å². The summed E-state index contributed by atoms with van der Waals surface area (Å²) in [5.41, 5.74) is 5.34. The third-order valence-corrected chi connectivity index (χ3v) is 0.994. The first kappa shape index (κ1) is 12.2. The third kappa shape index (κ3) is 7.46. The molecular weight excluding hydrogens is 154 g/mol. The number of nitrogens with two attached hydrogens (primary N) is 1. The summed E-state index contributed by atoms with van der Waals surface area (Å²) in [6.45, 7) is 3.42. The smallest absolute Gasteiger partial charge is 0.303 e. The number of carboxylic acid groups (broad SMARTS) is 1. The van der Waals surface area contributed by atoms with E-state index in [-0.39, 0.29) is 24.9 Å². The second-order valence-electron chi connectivity index (χ2n) is 1.83. The number of carbonyl (C=O) groups is 1. The number of hydrogen-bond acceptors (Lipinski definition) is 2. The van der Waals surface area contributed by atoms with E-state index < -0.39 is 5.97 Å². The summed E-state index contributed by atoms with van der Waals surface area (Å²) in [4.78, 5) is 9.93. The fraction of sp³-hybridized carbons (Fsp3) is 0.500. The summed E-state index contributed by atoms with van der Waals surface area (Å²) in [7, 11) is 0. The highest BCUT2D eigenvalue weighted by Gasteiger charge is 1.99. The first-order valence-electron chi connectivity index (χ1n) is 2.76. The van der Waals surface area contributed by atoms with Crippen molar-refractivity contribution in [3.8, 4) is 0 Å². The summed E-state index contributed by atoms with van der Waals surface area (Å²) in [6.07, 6.45) is 2.13. The molecule has 1 atom stereocenters. The monoisotopic (exact) mass is 165 g/mol. The maximum atomic E-state index is 9.93. The van der Waals surface area contributed by atoms with Crippen LogP contribution >= 0.6 is 12.4 Å². The van der Waals surface area contributed by atoms with E-state index in [0.29, 0.717) is 6.42 Å². The van der Waals surface area contributed by atoms with Crippen LogP contribution in [-0.2, 0) is 4.79 Å². The lowest BCUT2D eigenvalue weighted by Gasteiger charge is -2.00. The number of carboxylic acids is 1. The van der Waals surface area contributed by atoms with E-state index in [4.69, 9.17) is 10.8 Å². The minimum atomic E-state index is -0.813. The van der Waals surface area contributed by atoms with Crippen LogP contribution in [0.25, 0.3) is 0 Å². The molecule has 0 aliphatic carbocycles. The van der Waals surface area contributed by atoms with Crippen molar-refractivity contribution in [2.24, 2.45) is 5.73 Å². The Balaban J connectivity index is 0. The quantitative estimate of drug-likeness (QED) is 0.606. The molecular formula is C6H12ClNO2. The van der Waals surface area contributed by atoms with Crippen molar-refractivity contribution < 1.29 is 9.90 Å². The maximum absolute atomic E-state index is 9.93. The summed E-state index contributed by atoms with van der Waals surface area (Å²) in [6, 6.07) is -0.180. The second-order valence-corrected chi connectivity index (χ2v) is 1.83. The van der Waals surface area contributed by atoms with Gasteiger partial charge in [0, 0.05) is 12.5 Å². The Morgan fingerprint density at radius 2 is 2.30 bits per heavy atom. The van der Waals surface area contributed by atoms with Gasteiger partial charge in [0.1, 0.15) is 0 Å². The Kier molecular flexibility index (Phi) is 8.00. The Labute approximate surface area is 66.3 Å². The molecule has 0 aromatic carbocycles. The van der Waals surface area contributed by atoms with Crippen LogP contribution in [0, 0.1) is 0 Å². The van der Waals surface area contributed by atoms with Gasteiger partial charge in [-0.1, -0.05) is 6.08 Å². The Morgan fingerprint density at radius 3 is 2.60 bits per heavy atom. The molecule has 4 heteroatoms. The van der Waals surface area contributed by atoms with Crippen molar-refractivity contribution in [3.05, 3.63) is 12.7 Å². The number of rotatable bonds is 4. The highest BCUT2D eigenvalue weighted by atomic mass is 35.5. The van der Waals surface area contributed by atoms with Gasteiger partial charge in [-0.3, -0.25) is 4.79 Å².